The van der Waals surface area contributed by atoms with Crippen molar-refractivity contribution in [2.75, 3.05) is 21.3 Å². The van der Waals surface area contributed by atoms with E-state index in [9.17, 15) is 4.79 Å². The van der Waals surface area contributed by atoms with Gasteiger partial charge in [0.25, 0.3) is 0 Å². The molecule has 0 fully saturated rings. The summed E-state index contributed by atoms with van der Waals surface area (Å²) >= 11 is 0. The van der Waals surface area contributed by atoms with Gasteiger partial charge in [0, 0.05) is 0 Å². The van der Waals surface area contributed by atoms with Crippen LogP contribution in [0.15, 0.2) is 29.9 Å². The summed E-state index contributed by atoms with van der Waals surface area (Å²) in [7, 11) is 4.79. The number of Topliss-reactive ketones (excluding diaryl/α,β-unsaturated/α-hetero) is 1. The van der Waals surface area contributed by atoms with E-state index in [1.807, 2.05) is 24.3 Å². The predicted molar refractivity (Wildman–Crippen MR) is 82.1 cm³/mol. The zero-order valence-electron chi connectivity index (χ0n) is 12.9. The molecule has 0 aliphatic heterocycles. The molecule has 0 heterocycles. The fourth-order valence-electron chi connectivity index (χ4n) is 2.44. The molecular weight excluding hydrogens is 268 g/mol. The summed E-state index contributed by atoms with van der Waals surface area (Å²) in [5.74, 6) is 1.98. The normalized spacial score (nSPS) is 14.1. The van der Waals surface area contributed by atoms with Gasteiger partial charge in [-0.1, -0.05) is 12.2 Å². The van der Waals surface area contributed by atoms with Crippen molar-refractivity contribution in [3.8, 4) is 17.2 Å². The number of carbonyl (C=O) groups excluding carboxylic acids is 1. The number of carbonyl (C=O) groups is 1. The third kappa shape index (κ3) is 3.10. The summed E-state index contributed by atoms with van der Waals surface area (Å²) in [5, 5.41) is 0. The van der Waals surface area contributed by atoms with Crippen molar-refractivity contribution in [1.29, 1.82) is 0 Å². The molecule has 2 rings (SSSR count). The highest BCUT2D eigenvalue weighted by Gasteiger charge is 2.17. The smallest absolute Gasteiger partial charge is 0.203 e. The van der Waals surface area contributed by atoms with Gasteiger partial charge in [0.1, 0.15) is 0 Å². The zero-order valence-corrected chi connectivity index (χ0v) is 12.9. The van der Waals surface area contributed by atoms with Gasteiger partial charge in [-0.2, -0.15) is 0 Å². The monoisotopic (exact) mass is 288 g/mol. The number of hydrogen-bond acceptors (Lipinski definition) is 4. The second-order valence-electron chi connectivity index (χ2n) is 4.85. The number of ether oxygens (including phenoxy) is 3. The lowest BCUT2D eigenvalue weighted by Gasteiger charge is -2.17. The molecule has 0 aromatic heterocycles. The van der Waals surface area contributed by atoms with Crippen LogP contribution in [0.1, 0.15) is 25.3 Å². The van der Waals surface area contributed by atoms with Crippen LogP contribution >= 0.6 is 0 Å². The van der Waals surface area contributed by atoms with Gasteiger partial charge in [-0.15, -0.1) is 0 Å². The molecule has 1 aromatic carbocycles. The second-order valence-corrected chi connectivity index (χ2v) is 4.85. The Hall–Kier alpha value is -2.23. The summed E-state index contributed by atoms with van der Waals surface area (Å²) in [6.45, 7) is 1.60. The molecule has 0 spiro atoms. The molecule has 1 aliphatic rings. The van der Waals surface area contributed by atoms with E-state index in [0.29, 0.717) is 17.2 Å². The predicted octanol–water partition coefficient (Wildman–Crippen LogP) is 3.41. The largest absolute Gasteiger partial charge is 0.493 e. The first kappa shape index (κ1) is 15.2. The van der Waals surface area contributed by atoms with Crippen LogP contribution in [0.3, 0.4) is 0 Å². The molecule has 4 heteroatoms. The van der Waals surface area contributed by atoms with Crippen LogP contribution in [-0.4, -0.2) is 27.1 Å². The lowest BCUT2D eigenvalue weighted by molar-refractivity contribution is -0.113. The van der Waals surface area contributed by atoms with Crippen molar-refractivity contribution in [1.82, 2.24) is 0 Å². The summed E-state index contributed by atoms with van der Waals surface area (Å²) < 4.78 is 16.1. The molecule has 0 saturated carbocycles. The minimum atomic E-state index is 0.134. The number of ketones is 1. The fourth-order valence-corrected chi connectivity index (χ4v) is 2.44. The number of methoxy groups -OCH3 is 3. The van der Waals surface area contributed by atoms with Crippen molar-refractivity contribution < 1.29 is 19.0 Å². The number of allylic oxidation sites excluding steroid dienone is 4. The number of hydrogen-bond donors (Lipinski definition) is 0. The van der Waals surface area contributed by atoms with Gasteiger partial charge < -0.3 is 14.2 Å². The topological polar surface area (TPSA) is 44.8 Å². The van der Waals surface area contributed by atoms with E-state index in [-0.39, 0.29) is 5.78 Å². The van der Waals surface area contributed by atoms with E-state index in [4.69, 9.17) is 14.2 Å². The lowest BCUT2D eigenvalue weighted by atomic mass is 9.91. The minimum absolute atomic E-state index is 0.134. The average Bonchev–Trinajstić information content (AvgIpc) is 2.53. The van der Waals surface area contributed by atoms with Gasteiger partial charge in [0.2, 0.25) is 5.75 Å². The van der Waals surface area contributed by atoms with Crippen molar-refractivity contribution in [2.45, 2.75) is 19.8 Å². The van der Waals surface area contributed by atoms with E-state index in [2.05, 4.69) is 0 Å². The molecule has 4 nitrogen and oxygen atoms in total. The van der Waals surface area contributed by atoms with Gasteiger partial charge in [0.15, 0.2) is 17.3 Å². The Balaban J connectivity index is 2.44. The SMILES string of the molecule is COc1cc(C2=CC=C(C(C)=O)CC2)cc(OC)c1OC. The number of rotatable bonds is 5. The van der Waals surface area contributed by atoms with E-state index in [1.54, 1.807) is 28.3 Å². The Morgan fingerprint density at radius 1 is 0.952 bits per heavy atom. The quantitative estimate of drug-likeness (QED) is 0.833. The highest BCUT2D eigenvalue weighted by atomic mass is 16.5. The van der Waals surface area contributed by atoms with Crippen molar-refractivity contribution in [2.24, 2.45) is 0 Å². The maximum atomic E-state index is 11.4. The van der Waals surface area contributed by atoms with Gasteiger partial charge in [-0.05, 0) is 48.6 Å². The molecule has 21 heavy (non-hydrogen) atoms. The van der Waals surface area contributed by atoms with Crippen molar-refractivity contribution in [3.63, 3.8) is 0 Å². The summed E-state index contributed by atoms with van der Waals surface area (Å²) in [5.41, 5.74) is 3.04. The Morgan fingerprint density at radius 3 is 1.95 bits per heavy atom. The highest BCUT2D eigenvalue weighted by Crippen LogP contribution is 2.41. The molecule has 0 saturated heterocycles. The Kier molecular flexibility index (Phi) is 4.68. The van der Waals surface area contributed by atoms with Gasteiger partial charge in [0.05, 0.1) is 21.3 Å². The number of benzene rings is 1. The van der Waals surface area contributed by atoms with Gasteiger partial charge in [-0.25, -0.2) is 0 Å². The van der Waals surface area contributed by atoms with Gasteiger partial charge >= 0.3 is 0 Å². The summed E-state index contributed by atoms with van der Waals surface area (Å²) in [4.78, 5) is 11.4. The maximum Gasteiger partial charge on any atom is 0.203 e. The molecule has 0 atom stereocenters. The molecule has 0 unspecified atom stereocenters. The first-order chi connectivity index (χ1) is 10.1. The summed E-state index contributed by atoms with van der Waals surface area (Å²) in [6.07, 6.45) is 5.47. The third-order valence-corrected chi connectivity index (χ3v) is 3.64. The van der Waals surface area contributed by atoms with Crippen LogP contribution in [-0.2, 0) is 4.79 Å². The van der Waals surface area contributed by atoms with Gasteiger partial charge in [-0.3, -0.25) is 4.79 Å². The highest BCUT2D eigenvalue weighted by molar-refractivity contribution is 5.95. The molecule has 1 aromatic rings. The van der Waals surface area contributed by atoms with Crippen molar-refractivity contribution in [3.05, 3.63) is 35.4 Å². The van der Waals surface area contributed by atoms with Crippen molar-refractivity contribution >= 4 is 11.4 Å². The Bertz CT molecular complexity index is 586. The standard InChI is InChI=1S/C17H20O4/c1-11(18)12-5-7-13(8-6-12)14-9-15(19-2)17(21-4)16(10-14)20-3/h5,7,9-10H,6,8H2,1-4H3. The van der Waals surface area contributed by atoms with Crippen LogP contribution < -0.4 is 14.2 Å². The first-order valence-electron chi connectivity index (χ1n) is 6.81. The Morgan fingerprint density at radius 2 is 1.57 bits per heavy atom. The minimum Gasteiger partial charge on any atom is -0.493 e. The molecule has 0 N–H and O–H groups in total. The average molecular weight is 288 g/mol. The zero-order chi connectivity index (χ0) is 15.4. The van der Waals surface area contributed by atoms with Crippen LogP contribution in [0.25, 0.3) is 5.57 Å². The molecule has 1 aliphatic carbocycles. The molecule has 0 amide bonds. The third-order valence-electron chi connectivity index (χ3n) is 3.64. The molecule has 112 valence electrons. The van der Waals surface area contributed by atoms with Crippen LogP contribution in [0.2, 0.25) is 0 Å². The maximum absolute atomic E-state index is 11.4. The molecule has 0 bridgehead atoms. The van der Waals surface area contributed by atoms with Crippen LogP contribution in [0.5, 0.6) is 17.2 Å². The van der Waals surface area contributed by atoms with E-state index in [0.717, 1.165) is 29.6 Å². The first-order valence-corrected chi connectivity index (χ1v) is 6.81. The fraction of sp³-hybridized carbons (Fsp3) is 0.353. The van der Waals surface area contributed by atoms with E-state index >= 15 is 0 Å². The molecule has 0 radical (unpaired) electrons. The Labute approximate surface area is 125 Å². The van der Waals surface area contributed by atoms with Crippen LogP contribution in [0, 0.1) is 0 Å². The van der Waals surface area contributed by atoms with E-state index < -0.39 is 0 Å². The van der Waals surface area contributed by atoms with Crippen LogP contribution in [0.4, 0.5) is 0 Å². The molecular formula is C17H20O4. The van der Waals surface area contributed by atoms with E-state index in [1.165, 1.54) is 0 Å². The lowest BCUT2D eigenvalue weighted by Crippen LogP contribution is -2.02. The second kappa shape index (κ2) is 6.48. The summed E-state index contributed by atoms with van der Waals surface area (Å²) in [6, 6.07) is 3.86.